The molecule has 0 saturated heterocycles. The van der Waals surface area contributed by atoms with E-state index in [2.05, 4.69) is 5.32 Å². The average molecular weight is 320 g/mol. The number of hydrogen-bond donors (Lipinski definition) is 2. The zero-order chi connectivity index (χ0) is 17.2. The van der Waals surface area contributed by atoms with E-state index in [1.54, 1.807) is 6.92 Å². The minimum absolute atomic E-state index is 0.102. The van der Waals surface area contributed by atoms with Crippen LogP contribution in [0.25, 0.3) is 0 Å². The predicted molar refractivity (Wildman–Crippen MR) is 90.7 cm³/mol. The van der Waals surface area contributed by atoms with Crippen LogP contribution in [-0.4, -0.2) is 31.1 Å². The lowest BCUT2D eigenvalue weighted by Gasteiger charge is -2.20. The lowest BCUT2D eigenvalue weighted by Crippen LogP contribution is -2.47. The smallest absolute Gasteiger partial charge is 0.311 e. The molecule has 0 aromatic heterocycles. The molecule has 0 saturated carbocycles. The van der Waals surface area contributed by atoms with Gasteiger partial charge in [0.1, 0.15) is 0 Å². The zero-order valence-corrected chi connectivity index (χ0v) is 14.2. The highest BCUT2D eigenvalue weighted by molar-refractivity contribution is 5.82. The summed E-state index contributed by atoms with van der Waals surface area (Å²) in [5, 5.41) is 2.79. The van der Waals surface area contributed by atoms with Crippen molar-refractivity contribution in [1.82, 2.24) is 5.32 Å². The average Bonchev–Trinajstić information content (AvgIpc) is 2.57. The van der Waals surface area contributed by atoms with E-state index in [-0.39, 0.29) is 24.3 Å². The molecule has 5 heteroatoms. The Morgan fingerprint density at radius 3 is 2.43 bits per heavy atom. The summed E-state index contributed by atoms with van der Waals surface area (Å²) in [5.41, 5.74) is 6.95. The van der Waals surface area contributed by atoms with Gasteiger partial charge in [-0.2, -0.15) is 0 Å². The van der Waals surface area contributed by atoms with Crippen LogP contribution in [0.4, 0.5) is 0 Å². The van der Waals surface area contributed by atoms with E-state index in [0.29, 0.717) is 13.0 Å². The number of esters is 1. The highest BCUT2D eigenvalue weighted by atomic mass is 16.5. The van der Waals surface area contributed by atoms with Crippen LogP contribution in [0.3, 0.4) is 0 Å². The third-order valence-electron chi connectivity index (χ3n) is 4.03. The van der Waals surface area contributed by atoms with Crippen LogP contribution in [0.2, 0.25) is 0 Å². The molecule has 0 aliphatic heterocycles. The summed E-state index contributed by atoms with van der Waals surface area (Å²) < 4.78 is 5.12. The fraction of sp³-hybridized carbons (Fsp3) is 0.556. The summed E-state index contributed by atoms with van der Waals surface area (Å²) >= 11 is 0. The van der Waals surface area contributed by atoms with E-state index in [1.165, 1.54) is 0 Å². The van der Waals surface area contributed by atoms with Gasteiger partial charge in [-0.3, -0.25) is 9.59 Å². The molecule has 1 aromatic rings. The Morgan fingerprint density at radius 2 is 1.87 bits per heavy atom. The fourth-order valence-corrected chi connectivity index (χ4v) is 2.25. The maximum absolute atomic E-state index is 12.1. The largest absolute Gasteiger partial charge is 0.466 e. The van der Waals surface area contributed by atoms with Gasteiger partial charge < -0.3 is 15.8 Å². The molecule has 0 spiro atoms. The monoisotopic (exact) mass is 320 g/mol. The molecular formula is C18H28N2O3. The van der Waals surface area contributed by atoms with Gasteiger partial charge in [0.2, 0.25) is 5.91 Å². The summed E-state index contributed by atoms with van der Waals surface area (Å²) in [6.45, 7) is 6.27. The second kappa shape index (κ2) is 10.0. The first-order chi connectivity index (χ1) is 11.0. The third kappa shape index (κ3) is 6.40. The van der Waals surface area contributed by atoms with Crippen molar-refractivity contribution in [2.45, 2.75) is 39.7 Å². The summed E-state index contributed by atoms with van der Waals surface area (Å²) in [5.74, 6) is -0.828. The van der Waals surface area contributed by atoms with Crippen molar-refractivity contribution in [3.63, 3.8) is 0 Å². The summed E-state index contributed by atoms with van der Waals surface area (Å²) in [6.07, 6.45) is 1.36. The van der Waals surface area contributed by atoms with Crippen LogP contribution in [0, 0.1) is 11.8 Å². The van der Waals surface area contributed by atoms with E-state index in [4.69, 9.17) is 10.5 Å². The van der Waals surface area contributed by atoms with Gasteiger partial charge in [-0.25, -0.2) is 0 Å². The van der Waals surface area contributed by atoms with Gasteiger partial charge >= 0.3 is 5.97 Å². The Bertz CT molecular complexity index is 490. The molecule has 1 aromatic carbocycles. The second-order valence-corrected chi connectivity index (χ2v) is 5.80. The summed E-state index contributed by atoms with van der Waals surface area (Å²) in [7, 11) is 0. The molecule has 0 bridgehead atoms. The van der Waals surface area contributed by atoms with Gasteiger partial charge in [0.05, 0.1) is 18.6 Å². The number of benzene rings is 1. The highest BCUT2D eigenvalue weighted by Gasteiger charge is 2.24. The molecule has 5 nitrogen and oxygen atoms in total. The zero-order valence-electron chi connectivity index (χ0n) is 14.2. The summed E-state index contributed by atoms with van der Waals surface area (Å²) in [6, 6.07) is 9.14. The second-order valence-electron chi connectivity index (χ2n) is 5.80. The Morgan fingerprint density at radius 1 is 1.22 bits per heavy atom. The standard InChI is InChI=1S/C18H28N2O3/c1-4-13(3)16(19)17(21)20-12-15(18(22)23-5-2)11-14-9-7-6-8-10-14/h6-10,13,15-16H,4-5,11-12,19H2,1-3H3,(H,20,21). The minimum Gasteiger partial charge on any atom is -0.466 e. The number of carbonyl (C=O) groups excluding carboxylic acids is 2. The first-order valence-corrected chi connectivity index (χ1v) is 8.23. The predicted octanol–water partition coefficient (Wildman–Crippen LogP) is 1.90. The van der Waals surface area contributed by atoms with Gasteiger partial charge in [-0.15, -0.1) is 0 Å². The molecule has 0 radical (unpaired) electrons. The molecule has 0 aliphatic rings. The van der Waals surface area contributed by atoms with Crippen molar-refractivity contribution in [3.05, 3.63) is 35.9 Å². The van der Waals surface area contributed by atoms with Crippen molar-refractivity contribution in [3.8, 4) is 0 Å². The molecule has 0 fully saturated rings. The van der Waals surface area contributed by atoms with Gasteiger partial charge in [-0.1, -0.05) is 50.6 Å². The number of rotatable bonds is 9. The number of carbonyl (C=O) groups is 2. The number of hydrogen-bond acceptors (Lipinski definition) is 4. The number of nitrogens with one attached hydrogen (secondary N) is 1. The highest BCUT2D eigenvalue weighted by Crippen LogP contribution is 2.11. The quantitative estimate of drug-likeness (QED) is 0.681. The van der Waals surface area contributed by atoms with E-state index in [0.717, 1.165) is 12.0 Å². The van der Waals surface area contributed by atoms with E-state index in [9.17, 15) is 9.59 Å². The molecule has 0 heterocycles. The van der Waals surface area contributed by atoms with Gasteiger partial charge in [-0.05, 0) is 24.8 Å². The van der Waals surface area contributed by atoms with Gasteiger partial charge in [0, 0.05) is 6.54 Å². The molecule has 3 atom stereocenters. The molecule has 1 amide bonds. The number of amides is 1. The van der Waals surface area contributed by atoms with Crippen LogP contribution in [0.15, 0.2) is 30.3 Å². The SMILES string of the molecule is CCOC(=O)C(CNC(=O)C(N)C(C)CC)Cc1ccccc1. The Kier molecular flexibility index (Phi) is 8.33. The molecule has 3 N–H and O–H groups in total. The van der Waals surface area contributed by atoms with Crippen molar-refractivity contribution >= 4 is 11.9 Å². The van der Waals surface area contributed by atoms with Crippen LogP contribution in [-0.2, 0) is 20.7 Å². The molecule has 3 unspecified atom stereocenters. The Labute approximate surface area is 138 Å². The molecule has 0 aliphatic carbocycles. The van der Waals surface area contributed by atoms with Crippen molar-refractivity contribution in [2.24, 2.45) is 17.6 Å². The minimum atomic E-state index is -0.556. The van der Waals surface area contributed by atoms with Gasteiger partial charge in [0.25, 0.3) is 0 Å². The van der Waals surface area contributed by atoms with Crippen LogP contribution < -0.4 is 11.1 Å². The third-order valence-corrected chi connectivity index (χ3v) is 4.03. The van der Waals surface area contributed by atoms with Crippen molar-refractivity contribution in [1.29, 1.82) is 0 Å². The van der Waals surface area contributed by atoms with Crippen LogP contribution >= 0.6 is 0 Å². The molecule has 128 valence electrons. The first-order valence-electron chi connectivity index (χ1n) is 8.23. The van der Waals surface area contributed by atoms with Crippen LogP contribution in [0.1, 0.15) is 32.8 Å². The lowest BCUT2D eigenvalue weighted by atomic mass is 9.97. The Hall–Kier alpha value is -1.88. The maximum atomic E-state index is 12.1. The van der Waals surface area contributed by atoms with E-state index < -0.39 is 12.0 Å². The van der Waals surface area contributed by atoms with E-state index in [1.807, 2.05) is 44.2 Å². The van der Waals surface area contributed by atoms with Crippen molar-refractivity contribution < 1.29 is 14.3 Å². The first kappa shape index (κ1) is 19.2. The van der Waals surface area contributed by atoms with Gasteiger partial charge in [0.15, 0.2) is 0 Å². The number of nitrogens with two attached hydrogens (primary N) is 1. The molecular weight excluding hydrogens is 292 g/mol. The fourth-order valence-electron chi connectivity index (χ4n) is 2.25. The summed E-state index contributed by atoms with van der Waals surface area (Å²) in [4.78, 5) is 24.2. The Balaban J connectivity index is 2.66. The van der Waals surface area contributed by atoms with Crippen LogP contribution in [0.5, 0.6) is 0 Å². The van der Waals surface area contributed by atoms with E-state index >= 15 is 0 Å². The molecule has 1 rings (SSSR count). The molecule has 23 heavy (non-hydrogen) atoms. The maximum Gasteiger partial charge on any atom is 0.311 e. The number of ether oxygens (including phenoxy) is 1. The topological polar surface area (TPSA) is 81.4 Å². The lowest BCUT2D eigenvalue weighted by molar-refractivity contribution is -0.147. The normalized spacial score (nSPS) is 14.6. The van der Waals surface area contributed by atoms with Crippen molar-refractivity contribution in [2.75, 3.05) is 13.2 Å².